The predicted molar refractivity (Wildman–Crippen MR) is 117 cm³/mol. The van der Waals surface area contributed by atoms with Gasteiger partial charge in [-0.3, -0.25) is 4.52 Å². The van der Waals surface area contributed by atoms with Crippen LogP contribution < -0.4 is 18.1 Å². The topological polar surface area (TPSA) is 49.4 Å². The molecule has 0 radical (unpaired) electrons. The summed E-state index contributed by atoms with van der Waals surface area (Å²) < 4.78 is 32.4. The SMILES string of the molecule is C[C@H]([C@@H](OP1Oc2ccccc2O1)c1ccccc1)N(C)P1Oc2ccccc2O1. The van der Waals surface area contributed by atoms with Gasteiger partial charge in [0.25, 0.3) is 0 Å². The third-order valence-electron chi connectivity index (χ3n) is 5.01. The van der Waals surface area contributed by atoms with Crippen LogP contribution in [0.2, 0.25) is 0 Å². The van der Waals surface area contributed by atoms with Crippen molar-refractivity contribution in [3.63, 3.8) is 0 Å². The van der Waals surface area contributed by atoms with Crippen LogP contribution in [0.5, 0.6) is 23.0 Å². The van der Waals surface area contributed by atoms with Gasteiger partial charge in [-0.25, -0.2) is 4.67 Å². The van der Waals surface area contributed by atoms with Crippen molar-refractivity contribution in [1.29, 1.82) is 0 Å². The maximum absolute atomic E-state index is 6.38. The lowest BCUT2D eigenvalue weighted by Gasteiger charge is -2.32. The minimum atomic E-state index is -1.55. The largest absolute Gasteiger partial charge is 0.464 e. The molecule has 0 amide bonds. The van der Waals surface area contributed by atoms with Crippen molar-refractivity contribution in [1.82, 2.24) is 4.67 Å². The molecule has 3 aromatic rings. The number of likely N-dealkylation sites (N-methyl/N-ethyl adjacent to an activating group) is 1. The van der Waals surface area contributed by atoms with Crippen molar-refractivity contribution >= 4 is 17.1 Å². The van der Waals surface area contributed by atoms with Gasteiger partial charge in [0.15, 0.2) is 23.0 Å². The number of benzene rings is 3. The van der Waals surface area contributed by atoms with Crippen molar-refractivity contribution in [2.75, 3.05) is 7.05 Å². The Labute approximate surface area is 178 Å². The van der Waals surface area contributed by atoms with Crippen LogP contribution in [-0.2, 0) is 4.52 Å². The minimum Gasteiger partial charge on any atom is -0.423 e. The molecule has 3 aromatic carbocycles. The molecule has 0 fully saturated rings. The summed E-state index contributed by atoms with van der Waals surface area (Å²) in [5.74, 6) is 2.95. The summed E-state index contributed by atoms with van der Waals surface area (Å²) >= 11 is 0. The molecule has 0 saturated heterocycles. The molecule has 154 valence electrons. The zero-order chi connectivity index (χ0) is 20.5. The van der Waals surface area contributed by atoms with Crippen LogP contribution in [-0.4, -0.2) is 17.8 Å². The fraction of sp³-hybridized carbons (Fsp3) is 0.182. The van der Waals surface area contributed by atoms with Crippen LogP contribution in [0.15, 0.2) is 78.9 Å². The van der Waals surface area contributed by atoms with Crippen molar-refractivity contribution in [3.8, 4) is 23.0 Å². The number of rotatable bonds is 6. The molecule has 5 rings (SSSR count). The van der Waals surface area contributed by atoms with Crippen molar-refractivity contribution < 1.29 is 22.6 Å². The monoisotopic (exact) mass is 441 g/mol. The molecule has 0 N–H and O–H groups in total. The summed E-state index contributed by atoms with van der Waals surface area (Å²) in [4.78, 5) is 0. The lowest BCUT2D eigenvalue weighted by molar-refractivity contribution is 0.119. The third kappa shape index (κ3) is 3.84. The van der Waals surface area contributed by atoms with Gasteiger partial charge in [-0.15, -0.1) is 0 Å². The van der Waals surface area contributed by atoms with E-state index in [1.54, 1.807) is 0 Å². The number of para-hydroxylation sites is 4. The van der Waals surface area contributed by atoms with Gasteiger partial charge in [0.05, 0.1) is 0 Å². The van der Waals surface area contributed by atoms with Gasteiger partial charge in [-0.1, -0.05) is 54.6 Å². The summed E-state index contributed by atoms with van der Waals surface area (Å²) in [6.07, 6.45) is -0.296. The molecule has 0 bridgehead atoms. The number of nitrogens with zero attached hydrogens (tertiary/aromatic N) is 1. The van der Waals surface area contributed by atoms with Crippen LogP contribution in [0.25, 0.3) is 0 Å². The van der Waals surface area contributed by atoms with Gasteiger partial charge in [0.1, 0.15) is 6.10 Å². The van der Waals surface area contributed by atoms with Crippen LogP contribution in [0.4, 0.5) is 0 Å². The minimum absolute atomic E-state index is 0.0637. The van der Waals surface area contributed by atoms with E-state index in [1.165, 1.54) is 0 Å². The summed E-state index contributed by atoms with van der Waals surface area (Å²) in [5.41, 5.74) is 1.04. The Morgan fingerprint density at radius 3 is 1.70 bits per heavy atom. The van der Waals surface area contributed by atoms with E-state index in [2.05, 4.69) is 11.6 Å². The highest BCUT2D eigenvalue weighted by atomic mass is 31.2. The van der Waals surface area contributed by atoms with E-state index in [9.17, 15) is 0 Å². The standard InChI is InChI=1S/C22H21NO5P2/c1-16(23(2)29-24-18-12-6-7-13-19(18)25-29)22(17-10-4-3-5-11-17)28-30-26-20-14-8-9-15-21(20)27-30/h3-16,22H,1-2H3/t16-,22-/m1/s1. The molecule has 0 aliphatic carbocycles. The van der Waals surface area contributed by atoms with Gasteiger partial charge < -0.3 is 18.1 Å². The van der Waals surface area contributed by atoms with Gasteiger partial charge in [0.2, 0.25) is 0 Å². The first-order valence-corrected chi connectivity index (χ1v) is 11.9. The van der Waals surface area contributed by atoms with E-state index in [1.807, 2.05) is 85.9 Å². The average Bonchev–Trinajstić information content (AvgIpc) is 3.40. The highest BCUT2D eigenvalue weighted by molar-refractivity contribution is 7.45. The molecule has 8 heteroatoms. The van der Waals surface area contributed by atoms with E-state index in [4.69, 9.17) is 22.6 Å². The fourth-order valence-corrected chi connectivity index (χ4v) is 5.83. The summed E-state index contributed by atoms with van der Waals surface area (Å²) in [5, 5.41) is 0. The number of hydrogen-bond donors (Lipinski definition) is 0. The Bertz CT molecular complexity index is 971. The Kier molecular flexibility index (Phi) is 5.49. The van der Waals surface area contributed by atoms with E-state index >= 15 is 0 Å². The van der Waals surface area contributed by atoms with Crippen molar-refractivity contribution in [2.24, 2.45) is 0 Å². The summed E-state index contributed by atoms with van der Waals surface area (Å²) in [6.45, 7) is 2.09. The molecule has 6 nitrogen and oxygen atoms in total. The summed E-state index contributed by atoms with van der Waals surface area (Å²) in [6, 6.07) is 25.3. The third-order valence-corrected chi connectivity index (χ3v) is 7.69. The molecule has 2 heterocycles. The Morgan fingerprint density at radius 1 is 0.700 bits per heavy atom. The zero-order valence-corrected chi connectivity index (χ0v) is 18.3. The Balaban J connectivity index is 1.34. The smallest absolute Gasteiger partial charge is 0.423 e. The van der Waals surface area contributed by atoms with Crippen LogP contribution in [0.3, 0.4) is 0 Å². The molecule has 2 aliphatic heterocycles. The zero-order valence-electron chi connectivity index (χ0n) is 16.5. The summed E-state index contributed by atoms with van der Waals surface area (Å²) in [7, 11) is -0.847. The lowest BCUT2D eigenvalue weighted by Crippen LogP contribution is -2.33. The molecule has 0 unspecified atom stereocenters. The molecule has 2 aliphatic rings. The van der Waals surface area contributed by atoms with Crippen LogP contribution in [0, 0.1) is 0 Å². The first kappa shape index (κ1) is 19.6. The first-order chi connectivity index (χ1) is 14.7. The van der Waals surface area contributed by atoms with E-state index in [0.717, 1.165) is 17.1 Å². The van der Waals surface area contributed by atoms with Gasteiger partial charge in [0, 0.05) is 6.04 Å². The maximum Gasteiger partial charge on any atom is 0.464 e. The Morgan fingerprint density at radius 2 is 1.17 bits per heavy atom. The fourth-order valence-electron chi connectivity index (χ4n) is 3.25. The first-order valence-electron chi connectivity index (χ1n) is 9.64. The van der Waals surface area contributed by atoms with Crippen molar-refractivity contribution in [3.05, 3.63) is 84.4 Å². The number of hydrogen-bond acceptors (Lipinski definition) is 6. The lowest BCUT2D eigenvalue weighted by atomic mass is 10.0. The molecule has 2 atom stereocenters. The number of fused-ring (bicyclic) bond motifs is 2. The van der Waals surface area contributed by atoms with Crippen LogP contribution >= 0.6 is 17.1 Å². The molecule has 30 heavy (non-hydrogen) atoms. The normalized spacial score (nSPS) is 17.3. The van der Waals surface area contributed by atoms with E-state index in [0.29, 0.717) is 11.5 Å². The van der Waals surface area contributed by atoms with Crippen molar-refractivity contribution in [2.45, 2.75) is 19.1 Å². The van der Waals surface area contributed by atoms with Gasteiger partial charge >= 0.3 is 17.1 Å². The Hall–Kier alpha value is -2.36. The van der Waals surface area contributed by atoms with E-state index < -0.39 is 17.1 Å². The molecular weight excluding hydrogens is 420 g/mol. The second-order valence-corrected chi connectivity index (χ2v) is 9.47. The highest BCUT2D eigenvalue weighted by Gasteiger charge is 2.39. The highest BCUT2D eigenvalue weighted by Crippen LogP contribution is 2.58. The van der Waals surface area contributed by atoms with Crippen LogP contribution in [0.1, 0.15) is 18.6 Å². The molecular formula is C22H21NO5P2. The van der Waals surface area contributed by atoms with Gasteiger partial charge in [-0.05, 0) is 43.8 Å². The molecule has 0 saturated carbocycles. The van der Waals surface area contributed by atoms with Gasteiger partial charge in [-0.2, -0.15) is 0 Å². The average molecular weight is 441 g/mol. The quantitative estimate of drug-likeness (QED) is 0.409. The predicted octanol–water partition coefficient (Wildman–Crippen LogP) is 6.46. The molecule has 0 spiro atoms. The van der Waals surface area contributed by atoms with E-state index in [-0.39, 0.29) is 12.1 Å². The second kappa shape index (κ2) is 8.41. The maximum atomic E-state index is 6.38. The molecule has 0 aromatic heterocycles. The second-order valence-electron chi connectivity index (χ2n) is 6.97.